The maximum absolute atomic E-state index is 12.0. The van der Waals surface area contributed by atoms with Crippen molar-refractivity contribution in [1.29, 1.82) is 0 Å². The van der Waals surface area contributed by atoms with Crippen LogP contribution in [0.4, 0.5) is 5.69 Å². The highest BCUT2D eigenvalue weighted by molar-refractivity contribution is 6.53. The Bertz CT molecular complexity index is 854. The summed E-state index contributed by atoms with van der Waals surface area (Å²) >= 11 is 0. The van der Waals surface area contributed by atoms with Crippen LogP contribution >= 0.6 is 0 Å². The number of nitrogens with one attached hydrogen (secondary N) is 1. The maximum Gasteiger partial charge on any atom is 0.276 e. The first-order valence-electron chi connectivity index (χ1n) is 7.32. The Morgan fingerprint density at radius 2 is 1.78 bits per heavy atom. The Morgan fingerprint density at radius 1 is 1.00 bits per heavy atom. The molecule has 0 radical (unpaired) electrons. The van der Waals surface area contributed by atoms with E-state index < -0.39 is 0 Å². The molecule has 2 heterocycles. The van der Waals surface area contributed by atoms with Gasteiger partial charge in [0.1, 0.15) is 6.04 Å². The molecule has 1 atom stereocenters. The van der Waals surface area contributed by atoms with Gasteiger partial charge in [0.05, 0.1) is 5.69 Å². The molecule has 23 heavy (non-hydrogen) atoms. The van der Waals surface area contributed by atoms with Crippen LogP contribution in [0.5, 0.6) is 0 Å². The van der Waals surface area contributed by atoms with Gasteiger partial charge in [-0.05, 0) is 11.6 Å². The smallest absolute Gasteiger partial charge is 0.276 e. The van der Waals surface area contributed by atoms with Gasteiger partial charge in [-0.1, -0.05) is 48.5 Å². The molecule has 112 valence electrons. The second kappa shape index (κ2) is 5.57. The fourth-order valence-corrected chi connectivity index (χ4v) is 2.62. The summed E-state index contributed by atoms with van der Waals surface area (Å²) in [5.74, 6) is 0.286. The van der Waals surface area contributed by atoms with Crippen molar-refractivity contribution >= 4 is 23.1 Å². The molecule has 6 heteroatoms. The number of fused-ring (bicyclic) bond motifs is 1. The molecule has 0 bridgehead atoms. The first-order valence-corrected chi connectivity index (χ1v) is 7.32. The minimum absolute atomic E-state index is 0.0279. The largest absolute Gasteiger partial charge is 0.320 e. The molecule has 0 aliphatic carbocycles. The molecule has 0 spiro atoms. The van der Waals surface area contributed by atoms with Crippen molar-refractivity contribution in [3.05, 3.63) is 65.7 Å². The summed E-state index contributed by atoms with van der Waals surface area (Å²) in [7, 11) is 0. The molecule has 0 saturated heterocycles. The quantitative estimate of drug-likeness (QED) is 0.848. The number of para-hydroxylation sites is 1. The second-order valence-corrected chi connectivity index (χ2v) is 5.31. The van der Waals surface area contributed by atoms with Gasteiger partial charge in [0.15, 0.2) is 11.5 Å². The minimum atomic E-state index is -0.245. The van der Waals surface area contributed by atoms with Gasteiger partial charge in [-0.15, -0.1) is 15.3 Å². The lowest BCUT2D eigenvalue weighted by atomic mass is 10.1. The first kappa shape index (κ1) is 13.5. The number of amidine groups is 1. The zero-order chi connectivity index (χ0) is 15.6. The number of carbonyl (C=O) groups is 1. The van der Waals surface area contributed by atoms with Crippen molar-refractivity contribution in [1.82, 2.24) is 0 Å². The van der Waals surface area contributed by atoms with Gasteiger partial charge in [-0.25, -0.2) is 0 Å². The molecule has 0 aromatic heterocycles. The van der Waals surface area contributed by atoms with E-state index in [4.69, 9.17) is 0 Å². The third kappa shape index (κ3) is 2.55. The summed E-state index contributed by atoms with van der Waals surface area (Å²) in [6.45, 7) is 0. The summed E-state index contributed by atoms with van der Waals surface area (Å²) in [6.07, 6.45) is 0.587. The fourth-order valence-electron chi connectivity index (χ4n) is 2.62. The average molecular weight is 303 g/mol. The van der Waals surface area contributed by atoms with Crippen LogP contribution in [0, 0.1) is 0 Å². The zero-order valence-electron chi connectivity index (χ0n) is 12.2. The number of azo groups is 1. The lowest BCUT2D eigenvalue weighted by Crippen LogP contribution is -2.14. The van der Waals surface area contributed by atoms with E-state index in [1.165, 1.54) is 0 Å². The predicted octanol–water partition coefficient (Wildman–Crippen LogP) is 3.34. The monoisotopic (exact) mass is 303 g/mol. The van der Waals surface area contributed by atoms with Crippen molar-refractivity contribution in [3.8, 4) is 0 Å². The van der Waals surface area contributed by atoms with Crippen LogP contribution in [0.1, 0.15) is 23.6 Å². The highest BCUT2D eigenvalue weighted by Crippen LogP contribution is 2.28. The average Bonchev–Trinajstić information content (AvgIpc) is 3.18. The summed E-state index contributed by atoms with van der Waals surface area (Å²) in [5.41, 5.74) is 2.92. The van der Waals surface area contributed by atoms with Gasteiger partial charge >= 0.3 is 0 Å². The summed E-state index contributed by atoms with van der Waals surface area (Å²) in [6, 6.07) is 17.3. The summed E-state index contributed by atoms with van der Waals surface area (Å²) in [5, 5.41) is 19.3. The highest BCUT2D eigenvalue weighted by atomic mass is 16.2. The van der Waals surface area contributed by atoms with Crippen molar-refractivity contribution in [2.75, 3.05) is 5.32 Å². The Labute approximate surface area is 132 Å². The van der Waals surface area contributed by atoms with E-state index in [1.54, 1.807) is 0 Å². The second-order valence-electron chi connectivity index (χ2n) is 5.31. The Balaban J connectivity index is 1.56. The number of nitrogens with zero attached hydrogens (tertiary/aromatic N) is 4. The van der Waals surface area contributed by atoms with Crippen LogP contribution in [-0.2, 0) is 4.79 Å². The molecule has 0 fully saturated rings. The minimum Gasteiger partial charge on any atom is -0.320 e. The van der Waals surface area contributed by atoms with Crippen molar-refractivity contribution < 1.29 is 4.79 Å². The molecule has 1 unspecified atom stereocenters. The van der Waals surface area contributed by atoms with Gasteiger partial charge in [0.2, 0.25) is 0 Å². The van der Waals surface area contributed by atoms with Crippen LogP contribution in [0.2, 0.25) is 0 Å². The molecule has 1 N–H and O–H groups in total. The molecule has 6 nitrogen and oxygen atoms in total. The maximum atomic E-state index is 12.0. The Hall–Kier alpha value is -3.15. The van der Waals surface area contributed by atoms with Crippen molar-refractivity contribution in [2.24, 2.45) is 20.4 Å². The molecule has 2 aliphatic heterocycles. The van der Waals surface area contributed by atoms with E-state index in [0.717, 1.165) is 16.8 Å². The lowest BCUT2D eigenvalue weighted by Gasteiger charge is -2.03. The van der Waals surface area contributed by atoms with Gasteiger partial charge in [0.25, 0.3) is 5.91 Å². The van der Waals surface area contributed by atoms with Crippen LogP contribution < -0.4 is 5.32 Å². The molecule has 1 amide bonds. The number of amides is 1. The molecule has 0 saturated carbocycles. The number of benzene rings is 2. The van der Waals surface area contributed by atoms with E-state index in [1.807, 2.05) is 54.6 Å². The van der Waals surface area contributed by atoms with Crippen LogP contribution in [0.25, 0.3) is 0 Å². The fraction of sp³-hybridized carbons (Fsp3) is 0.118. The number of rotatable bonds is 2. The SMILES string of the molecule is O=C1Nc2ccccc2C1=NN=C1CC(c2ccccc2)N=N1. The van der Waals surface area contributed by atoms with E-state index in [0.29, 0.717) is 18.0 Å². The van der Waals surface area contributed by atoms with E-state index in [-0.39, 0.29) is 11.9 Å². The molecular weight excluding hydrogens is 290 g/mol. The predicted molar refractivity (Wildman–Crippen MR) is 87.7 cm³/mol. The number of carbonyl (C=O) groups excluding carboxylic acids is 1. The van der Waals surface area contributed by atoms with Gasteiger partial charge in [-0.2, -0.15) is 5.11 Å². The van der Waals surface area contributed by atoms with Crippen LogP contribution in [0.3, 0.4) is 0 Å². The van der Waals surface area contributed by atoms with E-state index in [2.05, 4.69) is 25.7 Å². The van der Waals surface area contributed by atoms with Gasteiger partial charge in [-0.3, -0.25) is 4.79 Å². The number of hydrogen-bond acceptors (Lipinski definition) is 4. The molecule has 2 aromatic carbocycles. The first-order chi connectivity index (χ1) is 11.3. The van der Waals surface area contributed by atoms with Gasteiger partial charge in [0, 0.05) is 12.0 Å². The van der Waals surface area contributed by atoms with E-state index in [9.17, 15) is 4.79 Å². The van der Waals surface area contributed by atoms with Crippen molar-refractivity contribution in [3.63, 3.8) is 0 Å². The lowest BCUT2D eigenvalue weighted by molar-refractivity contribution is -0.110. The standard InChI is InChI=1S/C17H13N5O/c23-17-16(12-8-4-5-9-13(12)18-17)22-21-15-10-14(19-20-15)11-6-2-1-3-7-11/h1-9,14H,10H2,(H,18,22,23). The Kier molecular flexibility index (Phi) is 3.27. The molecule has 4 rings (SSSR count). The topological polar surface area (TPSA) is 78.5 Å². The third-order valence-electron chi connectivity index (χ3n) is 3.78. The normalized spacial score (nSPS) is 22.6. The van der Waals surface area contributed by atoms with Gasteiger partial charge < -0.3 is 5.32 Å². The molecular formula is C17H13N5O. The Morgan fingerprint density at radius 3 is 2.65 bits per heavy atom. The number of anilines is 1. The summed E-state index contributed by atoms with van der Waals surface area (Å²) < 4.78 is 0. The summed E-state index contributed by atoms with van der Waals surface area (Å²) in [4.78, 5) is 12.0. The van der Waals surface area contributed by atoms with Crippen LogP contribution in [-0.4, -0.2) is 17.5 Å². The number of hydrogen-bond donors (Lipinski definition) is 1. The molecule has 2 aliphatic rings. The van der Waals surface area contributed by atoms with Crippen molar-refractivity contribution in [2.45, 2.75) is 12.5 Å². The zero-order valence-corrected chi connectivity index (χ0v) is 12.2. The molecule has 2 aromatic rings. The van der Waals surface area contributed by atoms with E-state index >= 15 is 0 Å². The third-order valence-corrected chi connectivity index (χ3v) is 3.78. The van der Waals surface area contributed by atoms with Crippen LogP contribution in [0.15, 0.2) is 75.0 Å². The highest BCUT2D eigenvalue weighted by Gasteiger charge is 2.26.